The summed E-state index contributed by atoms with van der Waals surface area (Å²) >= 11 is 0. The molecule has 0 spiro atoms. The van der Waals surface area contributed by atoms with Crippen molar-refractivity contribution in [2.24, 2.45) is 0 Å². The Morgan fingerprint density at radius 3 is 2.54 bits per heavy atom. The minimum absolute atomic E-state index is 0.0231. The van der Waals surface area contributed by atoms with E-state index in [9.17, 15) is 4.79 Å². The van der Waals surface area contributed by atoms with Gasteiger partial charge < -0.3 is 4.74 Å². The summed E-state index contributed by atoms with van der Waals surface area (Å²) in [4.78, 5) is 11.0. The molecule has 0 radical (unpaired) electrons. The van der Waals surface area contributed by atoms with E-state index in [0.717, 1.165) is 0 Å². The second kappa shape index (κ2) is 3.21. The minimum Gasteiger partial charge on any atom is -0.462 e. The molecule has 68 valence electrons. The first kappa shape index (κ1) is 8.30. The SMILES string of the molecule is C[C@@H]1OC(=O)C[C@@H]1c1ccccc1. The van der Waals surface area contributed by atoms with Crippen molar-refractivity contribution in [2.45, 2.75) is 25.4 Å². The van der Waals surface area contributed by atoms with Gasteiger partial charge >= 0.3 is 5.97 Å². The molecule has 0 N–H and O–H groups in total. The fourth-order valence-corrected chi connectivity index (χ4v) is 1.77. The molecule has 1 heterocycles. The zero-order chi connectivity index (χ0) is 9.26. The van der Waals surface area contributed by atoms with E-state index in [1.807, 2.05) is 37.3 Å². The van der Waals surface area contributed by atoms with Crippen molar-refractivity contribution in [3.63, 3.8) is 0 Å². The summed E-state index contributed by atoms with van der Waals surface area (Å²) in [7, 11) is 0. The Labute approximate surface area is 77.5 Å². The molecule has 1 aliphatic rings. The molecule has 2 heteroatoms. The van der Waals surface area contributed by atoms with Crippen LogP contribution in [0.3, 0.4) is 0 Å². The highest BCUT2D eigenvalue weighted by molar-refractivity contribution is 5.73. The van der Waals surface area contributed by atoms with Crippen LogP contribution in [0.15, 0.2) is 30.3 Å². The van der Waals surface area contributed by atoms with Crippen LogP contribution in [-0.4, -0.2) is 12.1 Å². The first-order valence-corrected chi connectivity index (χ1v) is 4.52. The maximum Gasteiger partial charge on any atom is 0.306 e. The number of benzene rings is 1. The highest BCUT2D eigenvalue weighted by Gasteiger charge is 2.32. The summed E-state index contributed by atoms with van der Waals surface area (Å²) in [6, 6.07) is 10.0. The molecule has 2 nitrogen and oxygen atoms in total. The predicted octanol–water partition coefficient (Wildman–Crippen LogP) is 2.11. The van der Waals surface area contributed by atoms with Gasteiger partial charge in [-0.1, -0.05) is 30.3 Å². The maximum atomic E-state index is 11.0. The third-order valence-corrected chi connectivity index (χ3v) is 2.50. The molecule has 0 unspecified atom stereocenters. The van der Waals surface area contributed by atoms with E-state index in [2.05, 4.69) is 0 Å². The van der Waals surface area contributed by atoms with Crippen molar-refractivity contribution in [2.75, 3.05) is 0 Å². The monoisotopic (exact) mass is 176 g/mol. The van der Waals surface area contributed by atoms with Crippen LogP contribution in [0, 0.1) is 0 Å². The number of carbonyl (C=O) groups is 1. The fraction of sp³-hybridized carbons (Fsp3) is 0.364. The number of esters is 1. The Balaban J connectivity index is 2.23. The maximum absolute atomic E-state index is 11.0. The van der Waals surface area contributed by atoms with Gasteiger partial charge in [0, 0.05) is 5.92 Å². The fourth-order valence-electron chi connectivity index (χ4n) is 1.77. The topological polar surface area (TPSA) is 26.3 Å². The van der Waals surface area contributed by atoms with Crippen molar-refractivity contribution in [1.82, 2.24) is 0 Å². The number of ether oxygens (including phenoxy) is 1. The Kier molecular flexibility index (Phi) is 2.05. The molecule has 2 atom stereocenters. The lowest BCUT2D eigenvalue weighted by Gasteiger charge is -2.12. The summed E-state index contributed by atoms with van der Waals surface area (Å²) in [5.41, 5.74) is 1.20. The van der Waals surface area contributed by atoms with Gasteiger partial charge in [-0.2, -0.15) is 0 Å². The second-order valence-corrected chi connectivity index (χ2v) is 3.42. The summed E-state index contributed by atoms with van der Waals surface area (Å²) in [6.07, 6.45) is 0.542. The average Bonchev–Trinajstić information content (AvgIpc) is 2.47. The zero-order valence-corrected chi connectivity index (χ0v) is 7.57. The highest BCUT2D eigenvalue weighted by Crippen LogP contribution is 2.31. The second-order valence-electron chi connectivity index (χ2n) is 3.42. The molecular formula is C11H12O2. The van der Waals surface area contributed by atoms with Crippen LogP contribution in [0.1, 0.15) is 24.8 Å². The van der Waals surface area contributed by atoms with Gasteiger partial charge in [-0.15, -0.1) is 0 Å². The lowest BCUT2D eigenvalue weighted by Crippen LogP contribution is -2.08. The smallest absolute Gasteiger partial charge is 0.306 e. The van der Waals surface area contributed by atoms with Gasteiger partial charge in [0.2, 0.25) is 0 Å². The number of rotatable bonds is 1. The Morgan fingerprint density at radius 2 is 2.00 bits per heavy atom. The summed E-state index contributed by atoms with van der Waals surface area (Å²) in [5.74, 6) is 0.162. The third kappa shape index (κ3) is 1.57. The van der Waals surface area contributed by atoms with Crippen LogP contribution < -0.4 is 0 Å². The van der Waals surface area contributed by atoms with Gasteiger partial charge in [-0.3, -0.25) is 4.79 Å². The van der Waals surface area contributed by atoms with Gasteiger partial charge in [0.05, 0.1) is 6.42 Å². The van der Waals surface area contributed by atoms with Gasteiger partial charge in [-0.25, -0.2) is 0 Å². The van der Waals surface area contributed by atoms with Gasteiger partial charge in [0.15, 0.2) is 0 Å². The molecule has 13 heavy (non-hydrogen) atoms. The molecule has 1 fully saturated rings. The molecule has 0 aliphatic carbocycles. The number of hydrogen-bond acceptors (Lipinski definition) is 2. The lowest BCUT2D eigenvalue weighted by molar-refractivity contribution is -0.140. The Bertz CT molecular complexity index is 305. The molecule has 1 aliphatic heterocycles. The molecule has 0 bridgehead atoms. The van der Waals surface area contributed by atoms with Crippen LogP contribution in [-0.2, 0) is 9.53 Å². The number of hydrogen-bond donors (Lipinski definition) is 0. The standard InChI is InChI=1S/C11H12O2/c1-8-10(7-11(12)13-8)9-5-3-2-4-6-9/h2-6,8,10H,7H2,1H3/t8-,10-/m0/s1. The van der Waals surface area contributed by atoms with E-state index in [1.54, 1.807) is 0 Å². The molecule has 0 saturated carbocycles. The summed E-state index contributed by atoms with van der Waals surface area (Å²) < 4.78 is 5.09. The normalized spacial score (nSPS) is 27.3. The van der Waals surface area contributed by atoms with Crippen LogP contribution >= 0.6 is 0 Å². The van der Waals surface area contributed by atoms with E-state index in [-0.39, 0.29) is 18.0 Å². The molecule has 1 saturated heterocycles. The van der Waals surface area contributed by atoms with Gasteiger partial charge in [0.25, 0.3) is 0 Å². The molecule has 1 aromatic carbocycles. The van der Waals surface area contributed by atoms with Crippen molar-refractivity contribution in [3.05, 3.63) is 35.9 Å². The number of carbonyl (C=O) groups excluding carboxylic acids is 1. The van der Waals surface area contributed by atoms with Crippen molar-refractivity contribution in [3.8, 4) is 0 Å². The zero-order valence-electron chi connectivity index (χ0n) is 7.57. The van der Waals surface area contributed by atoms with E-state index in [4.69, 9.17) is 4.74 Å². The largest absolute Gasteiger partial charge is 0.462 e. The Morgan fingerprint density at radius 1 is 1.31 bits per heavy atom. The van der Waals surface area contributed by atoms with Crippen molar-refractivity contribution in [1.29, 1.82) is 0 Å². The lowest BCUT2D eigenvalue weighted by atomic mass is 9.93. The molecular weight excluding hydrogens is 164 g/mol. The summed E-state index contributed by atoms with van der Waals surface area (Å²) in [5, 5.41) is 0. The van der Waals surface area contributed by atoms with E-state index < -0.39 is 0 Å². The van der Waals surface area contributed by atoms with E-state index in [0.29, 0.717) is 6.42 Å². The summed E-state index contributed by atoms with van der Waals surface area (Å²) in [6.45, 7) is 1.95. The van der Waals surface area contributed by atoms with Gasteiger partial charge in [0.1, 0.15) is 6.10 Å². The average molecular weight is 176 g/mol. The van der Waals surface area contributed by atoms with Crippen LogP contribution in [0.4, 0.5) is 0 Å². The molecule has 2 rings (SSSR count). The van der Waals surface area contributed by atoms with E-state index in [1.165, 1.54) is 5.56 Å². The van der Waals surface area contributed by atoms with E-state index >= 15 is 0 Å². The van der Waals surface area contributed by atoms with Crippen LogP contribution in [0.2, 0.25) is 0 Å². The van der Waals surface area contributed by atoms with Crippen LogP contribution in [0.5, 0.6) is 0 Å². The predicted molar refractivity (Wildman–Crippen MR) is 49.4 cm³/mol. The van der Waals surface area contributed by atoms with Crippen molar-refractivity contribution < 1.29 is 9.53 Å². The first-order chi connectivity index (χ1) is 6.27. The highest BCUT2D eigenvalue weighted by atomic mass is 16.5. The molecule has 0 aromatic heterocycles. The van der Waals surface area contributed by atoms with Crippen LogP contribution in [0.25, 0.3) is 0 Å². The van der Waals surface area contributed by atoms with Gasteiger partial charge in [-0.05, 0) is 12.5 Å². The molecule has 1 aromatic rings. The first-order valence-electron chi connectivity index (χ1n) is 4.52. The number of cyclic esters (lactones) is 1. The minimum atomic E-state index is -0.0821. The quantitative estimate of drug-likeness (QED) is 0.612. The Hall–Kier alpha value is -1.31. The molecule has 0 amide bonds. The van der Waals surface area contributed by atoms with Crippen molar-refractivity contribution >= 4 is 5.97 Å². The third-order valence-electron chi connectivity index (χ3n) is 2.50.